The van der Waals surface area contributed by atoms with Crippen LogP contribution in [-0.4, -0.2) is 30.6 Å². The van der Waals surface area contributed by atoms with E-state index in [1.807, 2.05) is 6.07 Å². The van der Waals surface area contributed by atoms with E-state index in [0.29, 0.717) is 12.8 Å². The molecule has 90 valence electrons. The number of carbonyl (C=O) groups excluding carboxylic acids is 1. The molecule has 0 aromatic heterocycles. The Labute approximate surface area is 91.8 Å². The summed E-state index contributed by atoms with van der Waals surface area (Å²) in [6.45, 7) is -0.383. The SMILES string of the molecule is CN(CCC(F)(F)F)C(=O)C1(C#N)CCC1. The summed E-state index contributed by atoms with van der Waals surface area (Å²) in [6, 6.07) is 1.92. The van der Waals surface area contributed by atoms with E-state index in [1.165, 1.54) is 7.05 Å². The maximum Gasteiger partial charge on any atom is 0.390 e. The first-order valence-electron chi connectivity index (χ1n) is 5.04. The molecule has 0 aromatic carbocycles. The van der Waals surface area contributed by atoms with Gasteiger partial charge in [0, 0.05) is 13.6 Å². The van der Waals surface area contributed by atoms with E-state index < -0.39 is 23.9 Å². The van der Waals surface area contributed by atoms with E-state index in [-0.39, 0.29) is 6.54 Å². The number of hydrogen-bond acceptors (Lipinski definition) is 2. The van der Waals surface area contributed by atoms with Crippen molar-refractivity contribution in [2.45, 2.75) is 31.9 Å². The second-order valence-electron chi connectivity index (χ2n) is 4.14. The van der Waals surface area contributed by atoms with Gasteiger partial charge in [-0.2, -0.15) is 18.4 Å². The van der Waals surface area contributed by atoms with E-state index in [1.54, 1.807) is 0 Å². The molecule has 0 atom stereocenters. The van der Waals surface area contributed by atoms with Crippen LogP contribution in [0.2, 0.25) is 0 Å². The van der Waals surface area contributed by atoms with Crippen molar-refractivity contribution in [2.24, 2.45) is 5.41 Å². The summed E-state index contributed by atoms with van der Waals surface area (Å²) >= 11 is 0. The molecule has 1 aliphatic carbocycles. The average molecular weight is 234 g/mol. The van der Waals surface area contributed by atoms with E-state index >= 15 is 0 Å². The average Bonchev–Trinajstić information content (AvgIpc) is 2.12. The lowest BCUT2D eigenvalue weighted by Gasteiger charge is -2.36. The van der Waals surface area contributed by atoms with Gasteiger partial charge in [0.15, 0.2) is 0 Å². The van der Waals surface area contributed by atoms with Crippen molar-refractivity contribution in [3.63, 3.8) is 0 Å². The third-order valence-electron chi connectivity index (χ3n) is 2.91. The van der Waals surface area contributed by atoms with Crippen molar-refractivity contribution >= 4 is 5.91 Å². The minimum atomic E-state index is -4.27. The van der Waals surface area contributed by atoms with Crippen LogP contribution in [0.1, 0.15) is 25.7 Å². The molecule has 0 radical (unpaired) electrons. The van der Waals surface area contributed by atoms with E-state index in [9.17, 15) is 18.0 Å². The van der Waals surface area contributed by atoms with Gasteiger partial charge in [-0.25, -0.2) is 0 Å². The minimum Gasteiger partial charge on any atom is -0.344 e. The topological polar surface area (TPSA) is 44.1 Å². The zero-order valence-corrected chi connectivity index (χ0v) is 8.97. The Morgan fingerprint density at radius 2 is 2.06 bits per heavy atom. The van der Waals surface area contributed by atoms with Crippen LogP contribution in [0.5, 0.6) is 0 Å². The number of nitrogens with zero attached hydrogens (tertiary/aromatic N) is 2. The molecule has 0 spiro atoms. The quantitative estimate of drug-likeness (QED) is 0.750. The molecule has 1 amide bonds. The molecular formula is C10H13F3N2O. The van der Waals surface area contributed by atoms with Crippen molar-refractivity contribution in [3.05, 3.63) is 0 Å². The normalized spacial score (nSPS) is 18.4. The minimum absolute atomic E-state index is 0.383. The van der Waals surface area contributed by atoms with Gasteiger partial charge in [0.2, 0.25) is 5.91 Å². The highest BCUT2D eigenvalue weighted by atomic mass is 19.4. The fourth-order valence-electron chi connectivity index (χ4n) is 1.67. The number of rotatable bonds is 3. The lowest BCUT2D eigenvalue weighted by molar-refractivity contribution is -0.150. The van der Waals surface area contributed by atoms with Crippen LogP contribution in [0.25, 0.3) is 0 Å². The van der Waals surface area contributed by atoms with Gasteiger partial charge in [-0.05, 0) is 19.3 Å². The molecule has 6 heteroatoms. The first-order chi connectivity index (χ1) is 7.31. The van der Waals surface area contributed by atoms with Crippen molar-refractivity contribution < 1.29 is 18.0 Å². The van der Waals surface area contributed by atoms with Crippen molar-refractivity contribution in [3.8, 4) is 6.07 Å². The van der Waals surface area contributed by atoms with Gasteiger partial charge < -0.3 is 4.90 Å². The zero-order chi connectivity index (χ0) is 12.4. The Balaban J connectivity index is 2.52. The highest BCUT2D eigenvalue weighted by molar-refractivity contribution is 5.86. The second-order valence-corrected chi connectivity index (χ2v) is 4.14. The molecule has 1 saturated carbocycles. The van der Waals surface area contributed by atoms with Crippen molar-refractivity contribution in [2.75, 3.05) is 13.6 Å². The Kier molecular flexibility index (Phi) is 3.46. The maximum atomic E-state index is 12.0. The predicted molar refractivity (Wildman–Crippen MR) is 50.2 cm³/mol. The van der Waals surface area contributed by atoms with Crippen molar-refractivity contribution in [1.29, 1.82) is 5.26 Å². The zero-order valence-electron chi connectivity index (χ0n) is 8.97. The Morgan fingerprint density at radius 1 is 1.50 bits per heavy atom. The van der Waals surface area contributed by atoms with Gasteiger partial charge >= 0.3 is 6.18 Å². The third kappa shape index (κ3) is 2.65. The van der Waals surface area contributed by atoms with Crippen LogP contribution < -0.4 is 0 Å². The highest BCUT2D eigenvalue weighted by Gasteiger charge is 2.46. The molecule has 0 saturated heterocycles. The number of carbonyl (C=O) groups is 1. The van der Waals surface area contributed by atoms with E-state index in [0.717, 1.165) is 11.3 Å². The monoisotopic (exact) mass is 234 g/mol. The Hall–Kier alpha value is -1.25. The van der Waals surface area contributed by atoms with Gasteiger partial charge in [-0.1, -0.05) is 0 Å². The highest BCUT2D eigenvalue weighted by Crippen LogP contribution is 2.41. The summed E-state index contributed by atoms with van der Waals surface area (Å²) < 4.78 is 35.9. The van der Waals surface area contributed by atoms with Gasteiger partial charge in [-0.15, -0.1) is 0 Å². The summed E-state index contributed by atoms with van der Waals surface area (Å²) in [4.78, 5) is 12.7. The van der Waals surface area contributed by atoms with Crippen LogP contribution >= 0.6 is 0 Å². The van der Waals surface area contributed by atoms with Gasteiger partial charge in [-0.3, -0.25) is 4.79 Å². The molecule has 0 N–H and O–H groups in total. The summed E-state index contributed by atoms with van der Waals surface area (Å²) in [6.07, 6.45) is -3.60. The third-order valence-corrected chi connectivity index (χ3v) is 2.91. The summed E-state index contributed by atoms with van der Waals surface area (Å²) in [7, 11) is 1.31. The van der Waals surface area contributed by atoms with E-state index in [2.05, 4.69) is 0 Å². The largest absolute Gasteiger partial charge is 0.390 e. The van der Waals surface area contributed by atoms with Crippen LogP contribution in [0.4, 0.5) is 13.2 Å². The van der Waals surface area contributed by atoms with Crippen molar-refractivity contribution in [1.82, 2.24) is 4.90 Å². The number of hydrogen-bond donors (Lipinski definition) is 0. The Morgan fingerprint density at radius 3 is 2.38 bits per heavy atom. The van der Waals surface area contributed by atoms with Crippen LogP contribution in [0.3, 0.4) is 0 Å². The smallest absolute Gasteiger partial charge is 0.344 e. The molecule has 0 aliphatic heterocycles. The first kappa shape index (κ1) is 12.8. The van der Waals surface area contributed by atoms with Crippen LogP contribution in [0.15, 0.2) is 0 Å². The maximum absolute atomic E-state index is 12.0. The molecule has 3 nitrogen and oxygen atoms in total. The van der Waals surface area contributed by atoms with Gasteiger partial charge in [0.05, 0.1) is 12.5 Å². The van der Waals surface area contributed by atoms with E-state index in [4.69, 9.17) is 5.26 Å². The molecule has 0 aromatic rings. The molecular weight excluding hydrogens is 221 g/mol. The number of halogens is 3. The number of nitriles is 1. The van der Waals surface area contributed by atoms with Gasteiger partial charge in [0.25, 0.3) is 0 Å². The fraction of sp³-hybridized carbons (Fsp3) is 0.800. The molecule has 1 fully saturated rings. The summed E-state index contributed by atoms with van der Waals surface area (Å²) in [5, 5.41) is 8.86. The number of amides is 1. The molecule has 0 heterocycles. The number of alkyl halides is 3. The molecule has 1 aliphatic rings. The Bertz CT molecular complexity index is 315. The standard InChI is InChI=1S/C10H13F3N2O/c1-15(6-5-10(11,12)13)8(16)9(7-14)3-2-4-9/h2-6H2,1H3. The first-order valence-corrected chi connectivity index (χ1v) is 5.04. The lowest BCUT2D eigenvalue weighted by Crippen LogP contribution is -2.46. The molecule has 16 heavy (non-hydrogen) atoms. The lowest BCUT2D eigenvalue weighted by atomic mass is 9.69. The predicted octanol–water partition coefficient (Wildman–Crippen LogP) is 2.09. The second kappa shape index (κ2) is 4.32. The summed E-state index contributed by atoms with van der Waals surface area (Å²) in [5.41, 5.74) is -1.06. The van der Waals surface area contributed by atoms with Crippen LogP contribution in [0, 0.1) is 16.7 Å². The summed E-state index contributed by atoms with van der Waals surface area (Å²) in [5.74, 6) is -0.481. The van der Waals surface area contributed by atoms with Crippen LogP contribution in [-0.2, 0) is 4.79 Å². The molecule has 0 bridgehead atoms. The molecule has 1 rings (SSSR count). The fourth-order valence-corrected chi connectivity index (χ4v) is 1.67. The molecule has 0 unspecified atom stereocenters. The van der Waals surface area contributed by atoms with Gasteiger partial charge in [0.1, 0.15) is 5.41 Å².